The number of amides is 2. The molecule has 2 aliphatic heterocycles. The average Bonchev–Trinajstić information content (AvgIpc) is 3.00. The summed E-state index contributed by atoms with van der Waals surface area (Å²) in [5, 5.41) is 5.27. The van der Waals surface area contributed by atoms with Crippen molar-refractivity contribution in [3.05, 3.63) is 58.7 Å². The van der Waals surface area contributed by atoms with Crippen molar-refractivity contribution in [2.75, 3.05) is 10.6 Å². The van der Waals surface area contributed by atoms with Crippen molar-refractivity contribution >= 4 is 29.0 Å². The van der Waals surface area contributed by atoms with Crippen LogP contribution in [0.15, 0.2) is 36.4 Å². The van der Waals surface area contributed by atoms with E-state index in [9.17, 15) is 14.4 Å². The molecular formula is C18H16N2O3. The van der Waals surface area contributed by atoms with E-state index < -0.39 is 11.7 Å². The third-order valence-electron chi connectivity index (χ3n) is 3.76. The molecule has 4 rings (SSSR count). The minimum absolute atomic E-state index is 0.102. The van der Waals surface area contributed by atoms with E-state index in [0.29, 0.717) is 17.7 Å². The summed E-state index contributed by atoms with van der Waals surface area (Å²) in [6.07, 6.45) is 0.539. The topological polar surface area (TPSA) is 75.3 Å². The van der Waals surface area contributed by atoms with Gasteiger partial charge in [-0.3, -0.25) is 14.4 Å². The van der Waals surface area contributed by atoms with Gasteiger partial charge in [0.05, 0.1) is 17.7 Å². The highest BCUT2D eigenvalue weighted by atomic mass is 16.2. The van der Waals surface area contributed by atoms with Gasteiger partial charge in [0.2, 0.25) is 5.91 Å². The summed E-state index contributed by atoms with van der Waals surface area (Å²) in [6.45, 7) is 3.92. The van der Waals surface area contributed by atoms with Gasteiger partial charge in [0, 0.05) is 5.69 Å². The molecule has 5 heteroatoms. The smallest absolute Gasteiger partial charge is 0.296 e. The third kappa shape index (κ3) is 2.99. The molecule has 0 aliphatic carbocycles. The third-order valence-corrected chi connectivity index (χ3v) is 3.76. The van der Waals surface area contributed by atoms with E-state index in [1.165, 1.54) is 5.56 Å². The molecular weight excluding hydrogens is 292 g/mol. The van der Waals surface area contributed by atoms with Crippen molar-refractivity contribution in [1.29, 1.82) is 0 Å². The summed E-state index contributed by atoms with van der Waals surface area (Å²) in [5.74, 6) is -0.866. The minimum atomic E-state index is -0.532. The van der Waals surface area contributed by atoms with Crippen LogP contribution in [0.25, 0.3) is 0 Å². The van der Waals surface area contributed by atoms with Gasteiger partial charge >= 0.3 is 0 Å². The number of anilines is 2. The molecule has 0 fully saturated rings. The molecule has 0 radical (unpaired) electrons. The lowest BCUT2D eigenvalue weighted by atomic mass is 10.1. The number of Topliss-reactive ketones (excluding diaryl/α,β-unsaturated/α-hetero) is 1. The second-order valence-electron chi connectivity index (χ2n) is 5.72. The zero-order chi connectivity index (χ0) is 16.6. The molecule has 0 saturated carbocycles. The number of carbonyl (C=O) groups excluding carboxylic acids is 3. The van der Waals surface area contributed by atoms with Crippen molar-refractivity contribution in [3.63, 3.8) is 0 Å². The number of hydrogen-bond donors (Lipinski definition) is 2. The van der Waals surface area contributed by atoms with Crippen molar-refractivity contribution in [2.45, 2.75) is 20.3 Å². The fourth-order valence-corrected chi connectivity index (χ4v) is 2.61. The number of hydrogen-bond acceptors (Lipinski definition) is 3. The average molecular weight is 308 g/mol. The van der Waals surface area contributed by atoms with Crippen LogP contribution in [0.2, 0.25) is 0 Å². The lowest BCUT2D eigenvalue weighted by molar-refractivity contribution is -0.115. The maximum atomic E-state index is 11.1. The molecule has 116 valence electrons. The molecule has 2 heterocycles. The Morgan fingerprint density at radius 1 is 0.826 bits per heavy atom. The Bertz CT molecular complexity index is 840. The summed E-state index contributed by atoms with van der Waals surface area (Å²) in [4.78, 5) is 32.9. The van der Waals surface area contributed by atoms with Crippen molar-refractivity contribution in [2.24, 2.45) is 0 Å². The zero-order valence-corrected chi connectivity index (χ0v) is 12.9. The van der Waals surface area contributed by atoms with E-state index >= 15 is 0 Å². The first kappa shape index (κ1) is 15.0. The standard InChI is InChI=1S/C9H7NO2.C9H9NO/c1-5-2-3-7-6(4-5)8(11)9(12)10-7;1-6-2-3-8-7(4-6)5-9(11)10-8/h2-4H,1H3,(H,10,11,12);2-4H,5H2,1H3,(H,10,11). The second kappa shape index (κ2) is 5.68. The van der Waals surface area contributed by atoms with E-state index in [2.05, 4.69) is 10.6 Å². The monoisotopic (exact) mass is 308 g/mol. The van der Waals surface area contributed by atoms with Gasteiger partial charge in [-0.25, -0.2) is 0 Å². The lowest BCUT2D eigenvalue weighted by Gasteiger charge is -1.97. The summed E-state index contributed by atoms with van der Waals surface area (Å²) in [6, 6.07) is 11.3. The Labute approximate surface area is 133 Å². The van der Waals surface area contributed by atoms with Gasteiger partial charge in [0.15, 0.2) is 0 Å². The Morgan fingerprint density at radius 2 is 1.48 bits per heavy atom. The fourth-order valence-electron chi connectivity index (χ4n) is 2.61. The Balaban J connectivity index is 0.000000136. The van der Waals surface area contributed by atoms with Crippen LogP contribution in [0.4, 0.5) is 11.4 Å². The number of nitrogens with one attached hydrogen (secondary N) is 2. The van der Waals surface area contributed by atoms with Crippen LogP contribution >= 0.6 is 0 Å². The van der Waals surface area contributed by atoms with Crippen LogP contribution in [0, 0.1) is 13.8 Å². The number of rotatable bonds is 0. The van der Waals surface area contributed by atoms with Gasteiger partial charge in [-0.1, -0.05) is 29.3 Å². The number of aryl methyl sites for hydroxylation is 2. The van der Waals surface area contributed by atoms with Crippen LogP contribution in [-0.4, -0.2) is 17.6 Å². The Morgan fingerprint density at radius 3 is 2.22 bits per heavy atom. The van der Waals surface area contributed by atoms with Gasteiger partial charge in [-0.15, -0.1) is 0 Å². The predicted molar refractivity (Wildman–Crippen MR) is 87.7 cm³/mol. The molecule has 0 atom stereocenters. The molecule has 2 N–H and O–H groups in total. The van der Waals surface area contributed by atoms with Crippen molar-refractivity contribution < 1.29 is 14.4 Å². The maximum Gasteiger partial charge on any atom is 0.296 e. The molecule has 2 amide bonds. The number of benzene rings is 2. The SMILES string of the molecule is Cc1ccc2c(c1)C(=O)C(=O)N2.Cc1ccc2c(c1)CC(=O)N2. The van der Waals surface area contributed by atoms with E-state index in [1.54, 1.807) is 12.1 Å². The molecule has 0 aromatic heterocycles. The molecule has 2 aromatic rings. The molecule has 2 aromatic carbocycles. The number of carbonyl (C=O) groups is 3. The van der Waals surface area contributed by atoms with Crippen LogP contribution in [0.5, 0.6) is 0 Å². The normalized spacial score (nSPS) is 14.4. The lowest BCUT2D eigenvalue weighted by Crippen LogP contribution is -2.12. The van der Waals surface area contributed by atoms with Crippen LogP contribution in [-0.2, 0) is 16.0 Å². The van der Waals surface area contributed by atoms with E-state index in [-0.39, 0.29) is 5.91 Å². The van der Waals surface area contributed by atoms with Gasteiger partial charge in [-0.2, -0.15) is 0 Å². The Kier molecular flexibility index (Phi) is 3.70. The largest absolute Gasteiger partial charge is 0.326 e. The molecule has 0 bridgehead atoms. The second-order valence-corrected chi connectivity index (χ2v) is 5.72. The highest BCUT2D eigenvalue weighted by Gasteiger charge is 2.27. The molecule has 23 heavy (non-hydrogen) atoms. The maximum absolute atomic E-state index is 11.1. The van der Waals surface area contributed by atoms with Crippen LogP contribution in [0.3, 0.4) is 0 Å². The minimum Gasteiger partial charge on any atom is -0.326 e. The number of ketones is 1. The van der Waals surface area contributed by atoms with E-state index in [1.807, 2.05) is 38.1 Å². The Hall–Kier alpha value is -2.95. The summed E-state index contributed by atoms with van der Waals surface area (Å²) >= 11 is 0. The summed E-state index contributed by atoms with van der Waals surface area (Å²) in [5.41, 5.74) is 5.39. The predicted octanol–water partition coefficient (Wildman–Crippen LogP) is 2.62. The molecule has 5 nitrogen and oxygen atoms in total. The first-order valence-corrected chi connectivity index (χ1v) is 7.30. The first-order chi connectivity index (χ1) is 10.9. The van der Waals surface area contributed by atoms with Crippen LogP contribution in [0.1, 0.15) is 27.0 Å². The van der Waals surface area contributed by atoms with E-state index in [4.69, 9.17) is 0 Å². The highest BCUT2D eigenvalue weighted by Crippen LogP contribution is 2.24. The fraction of sp³-hybridized carbons (Fsp3) is 0.167. The van der Waals surface area contributed by atoms with Gasteiger partial charge < -0.3 is 10.6 Å². The summed E-state index contributed by atoms with van der Waals surface area (Å²) in [7, 11) is 0. The van der Waals surface area contributed by atoms with E-state index in [0.717, 1.165) is 16.8 Å². The zero-order valence-electron chi connectivity index (χ0n) is 12.9. The summed E-state index contributed by atoms with van der Waals surface area (Å²) < 4.78 is 0. The van der Waals surface area contributed by atoms with Crippen molar-refractivity contribution in [1.82, 2.24) is 0 Å². The molecule has 0 spiro atoms. The molecule has 0 saturated heterocycles. The van der Waals surface area contributed by atoms with Crippen molar-refractivity contribution in [3.8, 4) is 0 Å². The quantitative estimate of drug-likeness (QED) is 0.735. The molecule has 0 unspecified atom stereocenters. The molecule has 2 aliphatic rings. The first-order valence-electron chi connectivity index (χ1n) is 7.30. The van der Waals surface area contributed by atoms with Gasteiger partial charge in [0.1, 0.15) is 0 Å². The van der Waals surface area contributed by atoms with Crippen LogP contribution < -0.4 is 10.6 Å². The number of fused-ring (bicyclic) bond motifs is 2. The highest BCUT2D eigenvalue weighted by molar-refractivity contribution is 6.51. The van der Waals surface area contributed by atoms with Gasteiger partial charge in [0.25, 0.3) is 11.7 Å². The van der Waals surface area contributed by atoms with Gasteiger partial charge in [-0.05, 0) is 37.6 Å².